The summed E-state index contributed by atoms with van der Waals surface area (Å²) in [4.78, 5) is 10.7. The predicted octanol–water partition coefficient (Wildman–Crippen LogP) is 4.52. The van der Waals surface area contributed by atoms with Crippen LogP contribution in [0.2, 0.25) is 0 Å². The highest BCUT2D eigenvalue weighted by molar-refractivity contribution is 5.62. The Morgan fingerprint density at radius 3 is 2.43 bits per heavy atom. The molecule has 0 bridgehead atoms. The van der Waals surface area contributed by atoms with E-state index in [0.29, 0.717) is 29.6 Å². The number of halogens is 4. The van der Waals surface area contributed by atoms with Crippen molar-refractivity contribution < 1.29 is 17.6 Å². The zero-order valence-corrected chi connectivity index (χ0v) is 17.2. The van der Waals surface area contributed by atoms with Gasteiger partial charge < -0.3 is 15.2 Å². The van der Waals surface area contributed by atoms with Gasteiger partial charge in [0.25, 0.3) is 0 Å². The number of hydrogen-bond donors (Lipinski definition) is 1. The minimum atomic E-state index is -4.57. The molecule has 2 aliphatic rings. The molecule has 1 aliphatic carbocycles. The van der Waals surface area contributed by atoms with Crippen LogP contribution in [0.15, 0.2) is 18.5 Å². The fourth-order valence-corrected chi connectivity index (χ4v) is 4.88. The van der Waals surface area contributed by atoms with Gasteiger partial charge in [0.1, 0.15) is 18.3 Å². The van der Waals surface area contributed by atoms with Crippen molar-refractivity contribution in [1.82, 2.24) is 19.4 Å². The number of nitrogen functional groups attached to an aromatic ring is 1. The lowest BCUT2D eigenvalue weighted by Gasteiger charge is -2.20. The van der Waals surface area contributed by atoms with E-state index in [0.717, 1.165) is 37.8 Å². The quantitative estimate of drug-likeness (QED) is 0.663. The van der Waals surface area contributed by atoms with Gasteiger partial charge in [0, 0.05) is 49.6 Å². The second-order valence-corrected chi connectivity index (χ2v) is 8.33. The topological polar surface area (TPSA) is 60.0 Å². The number of aromatic nitrogens is 3. The number of alkyl halides is 4. The molecule has 4 rings (SSSR count). The Bertz CT molecular complexity index is 893. The molecule has 0 amide bonds. The number of anilines is 1. The van der Waals surface area contributed by atoms with E-state index in [1.807, 2.05) is 6.20 Å². The van der Waals surface area contributed by atoms with Crippen molar-refractivity contribution in [3.8, 4) is 11.3 Å². The Labute approximate surface area is 173 Å². The molecular formula is C21H27F4N5. The van der Waals surface area contributed by atoms with E-state index in [2.05, 4.69) is 28.3 Å². The van der Waals surface area contributed by atoms with Crippen LogP contribution in [-0.4, -0.2) is 45.7 Å². The summed E-state index contributed by atoms with van der Waals surface area (Å²) in [5, 5.41) is 0. The molecule has 2 aromatic heterocycles. The number of fused-ring (bicyclic) bond motifs is 1. The summed E-state index contributed by atoms with van der Waals surface area (Å²) in [6.07, 6.45) is 0.447. The number of piperidine rings is 1. The SMILES string of the molecule is CCC(CC)c1nc(-c2cnc(N)c(C(F)(F)F)c2)cn1C1C2CN(CCF)CC21. The van der Waals surface area contributed by atoms with Crippen molar-refractivity contribution in [2.45, 2.75) is 44.8 Å². The molecule has 1 saturated heterocycles. The molecule has 2 atom stereocenters. The van der Waals surface area contributed by atoms with Crippen LogP contribution in [0.25, 0.3) is 11.3 Å². The average molecular weight is 425 g/mol. The molecule has 0 aromatic carbocycles. The lowest BCUT2D eigenvalue weighted by Crippen LogP contribution is -2.27. The van der Waals surface area contributed by atoms with E-state index in [-0.39, 0.29) is 18.6 Å². The maximum atomic E-state index is 13.3. The number of hydrogen-bond acceptors (Lipinski definition) is 4. The smallest absolute Gasteiger partial charge is 0.383 e. The summed E-state index contributed by atoms with van der Waals surface area (Å²) in [6, 6.07) is 1.31. The molecule has 30 heavy (non-hydrogen) atoms. The number of rotatable bonds is 7. The van der Waals surface area contributed by atoms with Crippen molar-refractivity contribution in [3.05, 3.63) is 29.8 Å². The van der Waals surface area contributed by atoms with E-state index in [9.17, 15) is 17.6 Å². The van der Waals surface area contributed by atoms with Crippen LogP contribution in [0, 0.1) is 11.8 Å². The van der Waals surface area contributed by atoms with Crippen LogP contribution >= 0.6 is 0 Å². The lowest BCUT2D eigenvalue weighted by molar-refractivity contribution is -0.137. The second-order valence-electron chi connectivity index (χ2n) is 8.33. The minimum absolute atomic E-state index is 0.228. The van der Waals surface area contributed by atoms with Crippen LogP contribution in [0.3, 0.4) is 0 Å². The van der Waals surface area contributed by atoms with Crippen LogP contribution in [0.4, 0.5) is 23.4 Å². The number of imidazole rings is 1. The molecule has 9 heteroatoms. The highest BCUT2D eigenvalue weighted by Crippen LogP contribution is 2.56. The van der Waals surface area contributed by atoms with Gasteiger partial charge in [-0.3, -0.25) is 0 Å². The van der Waals surface area contributed by atoms with E-state index < -0.39 is 17.6 Å². The molecule has 0 spiro atoms. The molecule has 2 N–H and O–H groups in total. The van der Waals surface area contributed by atoms with Gasteiger partial charge >= 0.3 is 6.18 Å². The Kier molecular flexibility index (Phi) is 5.50. The number of pyridine rings is 1. The molecule has 2 fully saturated rings. The first-order chi connectivity index (χ1) is 14.3. The highest BCUT2D eigenvalue weighted by atomic mass is 19.4. The first-order valence-electron chi connectivity index (χ1n) is 10.5. The maximum absolute atomic E-state index is 13.3. The molecule has 1 saturated carbocycles. The third-order valence-corrected chi connectivity index (χ3v) is 6.58. The zero-order chi connectivity index (χ0) is 21.6. The van der Waals surface area contributed by atoms with Crippen molar-refractivity contribution in [1.29, 1.82) is 0 Å². The van der Waals surface area contributed by atoms with E-state index >= 15 is 0 Å². The zero-order valence-electron chi connectivity index (χ0n) is 17.2. The first-order valence-corrected chi connectivity index (χ1v) is 10.5. The van der Waals surface area contributed by atoms with Crippen LogP contribution in [-0.2, 0) is 6.18 Å². The van der Waals surface area contributed by atoms with Gasteiger partial charge in [0.15, 0.2) is 0 Å². The third kappa shape index (κ3) is 3.68. The fraction of sp³-hybridized carbons (Fsp3) is 0.619. The van der Waals surface area contributed by atoms with Crippen molar-refractivity contribution in [3.63, 3.8) is 0 Å². The summed E-state index contributed by atoms with van der Waals surface area (Å²) in [7, 11) is 0. The highest BCUT2D eigenvalue weighted by Gasteiger charge is 2.57. The van der Waals surface area contributed by atoms with Gasteiger partial charge in [-0.05, 0) is 30.7 Å². The summed E-state index contributed by atoms with van der Waals surface area (Å²) >= 11 is 0. The molecular weight excluding hydrogens is 398 g/mol. The van der Waals surface area contributed by atoms with Gasteiger partial charge in [0.2, 0.25) is 0 Å². The van der Waals surface area contributed by atoms with E-state index in [1.165, 1.54) is 6.20 Å². The Balaban J connectivity index is 1.68. The standard InChI is InChI=1S/C21H27F4N5/c1-3-12(4-2)20-28-17(13-7-16(21(23,24)25)19(26)27-8-13)11-30(20)18-14-9-29(6-5-22)10-15(14)18/h7-8,11-12,14-15,18H,3-6,9-10H2,1-2H3,(H2,26,27). The van der Waals surface area contributed by atoms with Gasteiger partial charge in [-0.1, -0.05) is 13.8 Å². The largest absolute Gasteiger partial charge is 0.419 e. The van der Waals surface area contributed by atoms with Crippen molar-refractivity contribution in [2.24, 2.45) is 11.8 Å². The normalized spacial score (nSPS) is 23.9. The van der Waals surface area contributed by atoms with Gasteiger partial charge in [-0.2, -0.15) is 13.2 Å². The molecule has 1 aliphatic heterocycles. The number of likely N-dealkylation sites (tertiary alicyclic amines) is 1. The summed E-state index contributed by atoms with van der Waals surface area (Å²) < 4.78 is 54.7. The van der Waals surface area contributed by atoms with Gasteiger partial charge in [0.05, 0.1) is 11.3 Å². The van der Waals surface area contributed by atoms with Gasteiger partial charge in [-0.15, -0.1) is 0 Å². The van der Waals surface area contributed by atoms with Crippen molar-refractivity contribution in [2.75, 3.05) is 32.0 Å². The molecule has 5 nitrogen and oxygen atoms in total. The molecule has 3 heterocycles. The molecule has 2 unspecified atom stereocenters. The van der Waals surface area contributed by atoms with Crippen LogP contribution < -0.4 is 5.73 Å². The third-order valence-electron chi connectivity index (χ3n) is 6.58. The van der Waals surface area contributed by atoms with Gasteiger partial charge in [-0.25, -0.2) is 14.4 Å². The molecule has 2 aromatic rings. The van der Waals surface area contributed by atoms with Crippen molar-refractivity contribution >= 4 is 5.82 Å². The number of nitrogens with two attached hydrogens (primary N) is 1. The fourth-order valence-electron chi connectivity index (χ4n) is 4.88. The minimum Gasteiger partial charge on any atom is -0.383 e. The van der Waals surface area contributed by atoms with E-state index in [1.54, 1.807) is 0 Å². The summed E-state index contributed by atoms with van der Waals surface area (Å²) in [6.45, 7) is 6.02. The summed E-state index contributed by atoms with van der Waals surface area (Å²) in [5.41, 5.74) is 5.31. The molecule has 0 radical (unpaired) electrons. The van der Waals surface area contributed by atoms with Crippen LogP contribution in [0.5, 0.6) is 0 Å². The Morgan fingerprint density at radius 1 is 1.20 bits per heavy atom. The van der Waals surface area contributed by atoms with Crippen LogP contribution in [0.1, 0.15) is 50.0 Å². The average Bonchev–Trinajstić information content (AvgIpc) is 3.04. The maximum Gasteiger partial charge on any atom is 0.419 e. The molecule has 164 valence electrons. The Hall–Kier alpha value is -2.16. The Morgan fingerprint density at radius 2 is 1.87 bits per heavy atom. The first kappa shape index (κ1) is 21.1. The monoisotopic (exact) mass is 425 g/mol. The summed E-state index contributed by atoms with van der Waals surface area (Å²) in [5.74, 6) is 1.50. The predicted molar refractivity (Wildman–Crippen MR) is 107 cm³/mol. The lowest BCUT2D eigenvalue weighted by atomic mass is 10.0. The van der Waals surface area contributed by atoms with E-state index in [4.69, 9.17) is 10.7 Å². The number of nitrogens with zero attached hydrogens (tertiary/aromatic N) is 4. The second kappa shape index (κ2) is 7.83.